The van der Waals surface area contributed by atoms with Crippen molar-refractivity contribution in [1.82, 2.24) is 14.9 Å². The van der Waals surface area contributed by atoms with E-state index in [1.165, 1.54) is 17.4 Å². The maximum absolute atomic E-state index is 12.7. The Morgan fingerprint density at radius 2 is 2.07 bits per heavy atom. The van der Waals surface area contributed by atoms with E-state index in [-0.39, 0.29) is 11.8 Å². The van der Waals surface area contributed by atoms with Gasteiger partial charge in [0.15, 0.2) is 5.13 Å². The fraction of sp³-hybridized carbons (Fsp3) is 0.200. The molecule has 0 aliphatic carbocycles. The highest BCUT2D eigenvalue weighted by atomic mass is 32.1. The first kappa shape index (κ1) is 17.4. The summed E-state index contributed by atoms with van der Waals surface area (Å²) in [6.07, 6.45) is 8.14. The Kier molecular flexibility index (Phi) is 4.93. The van der Waals surface area contributed by atoms with Crippen LogP contribution < -0.4 is 5.32 Å². The first-order chi connectivity index (χ1) is 13.2. The number of nitrogens with one attached hydrogen (secondary N) is 1. The van der Waals surface area contributed by atoms with Crippen LogP contribution in [0.4, 0.5) is 5.13 Å². The van der Waals surface area contributed by atoms with E-state index in [0.717, 1.165) is 22.9 Å². The number of para-hydroxylation sites is 1. The minimum atomic E-state index is -0.461. The quantitative estimate of drug-likeness (QED) is 0.707. The third kappa shape index (κ3) is 3.73. The predicted octanol–water partition coefficient (Wildman–Crippen LogP) is 3.33. The first-order valence-corrected chi connectivity index (χ1v) is 9.63. The average molecular weight is 378 g/mol. The number of aromatic nitrogens is 2. The van der Waals surface area contributed by atoms with Gasteiger partial charge in [-0.25, -0.2) is 4.98 Å². The zero-order valence-electron chi connectivity index (χ0n) is 14.5. The van der Waals surface area contributed by atoms with Crippen LogP contribution in [0.15, 0.2) is 54.2 Å². The van der Waals surface area contributed by atoms with Crippen LogP contribution in [0.25, 0.3) is 17.0 Å². The fourth-order valence-corrected chi connectivity index (χ4v) is 3.83. The standard InChI is InChI=1S/C20H18N4O2S/c25-17(9-8-15-5-1-4-14-6-2-10-21-18(14)15)24-12-3-7-16(24)19(26)23-20-22-11-13-27-20/h1-2,4-6,8-11,13,16H,3,7,12H2,(H,22,23,26)/b9-8+/t16-/m1/s1. The van der Waals surface area contributed by atoms with Gasteiger partial charge in [0.1, 0.15) is 6.04 Å². The average Bonchev–Trinajstić information content (AvgIpc) is 3.38. The van der Waals surface area contributed by atoms with Gasteiger partial charge in [0, 0.05) is 41.3 Å². The molecule has 6 nitrogen and oxygen atoms in total. The van der Waals surface area contributed by atoms with Crippen LogP contribution in [0.1, 0.15) is 18.4 Å². The normalized spacial score (nSPS) is 16.9. The fourth-order valence-electron chi connectivity index (χ4n) is 3.30. The molecule has 7 heteroatoms. The first-order valence-electron chi connectivity index (χ1n) is 8.75. The van der Waals surface area contributed by atoms with Crippen LogP contribution in [0, 0.1) is 0 Å². The van der Waals surface area contributed by atoms with Gasteiger partial charge >= 0.3 is 0 Å². The van der Waals surface area contributed by atoms with E-state index in [0.29, 0.717) is 18.1 Å². The van der Waals surface area contributed by atoms with E-state index in [4.69, 9.17) is 0 Å². The van der Waals surface area contributed by atoms with E-state index < -0.39 is 6.04 Å². The smallest absolute Gasteiger partial charge is 0.248 e. The number of likely N-dealkylation sites (tertiary alicyclic amines) is 1. The Balaban J connectivity index is 1.49. The minimum absolute atomic E-state index is 0.167. The molecule has 0 spiro atoms. The second-order valence-electron chi connectivity index (χ2n) is 6.27. The van der Waals surface area contributed by atoms with Crippen LogP contribution in [-0.4, -0.2) is 39.3 Å². The third-order valence-electron chi connectivity index (χ3n) is 4.57. The molecule has 3 heterocycles. The molecule has 1 aromatic carbocycles. The van der Waals surface area contributed by atoms with Gasteiger partial charge in [-0.2, -0.15) is 0 Å². The van der Waals surface area contributed by atoms with Crippen molar-refractivity contribution >= 4 is 45.3 Å². The number of hydrogen-bond acceptors (Lipinski definition) is 5. The van der Waals surface area contributed by atoms with Crippen molar-refractivity contribution in [3.8, 4) is 0 Å². The predicted molar refractivity (Wildman–Crippen MR) is 106 cm³/mol. The number of rotatable bonds is 4. The van der Waals surface area contributed by atoms with Gasteiger partial charge in [0.05, 0.1) is 5.52 Å². The molecule has 27 heavy (non-hydrogen) atoms. The molecule has 136 valence electrons. The molecule has 2 amide bonds. The summed E-state index contributed by atoms with van der Waals surface area (Å²) in [5.74, 6) is -0.351. The highest BCUT2D eigenvalue weighted by Gasteiger charge is 2.33. The molecule has 0 saturated carbocycles. The van der Waals surface area contributed by atoms with E-state index >= 15 is 0 Å². The second kappa shape index (κ2) is 7.67. The van der Waals surface area contributed by atoms with Gasteiger partial charge in [-0.05, 0) is 25.0 Å². The van der Waals surface area contributed by atoms with Crippen LogP contribution in [0.3, 0.4) is 0 Å². The molecule has 2 aromatic heterocycles. The summed E-state index contributed by atoms with van der Waals surface area (Å²) >= 11 is 1.36. The molecule has 1 aliphatic rings. The van der Waals surface area contributed by atoms with Crippen molar-refractivity contribution in [2.45, 2.75) is 18.9 Å². The molecular weight excluding hydrogens is 360 g/mol. The van der Waals surface area contributed by atoms with Gasteiger partial charge in [-0.1, -0.05) is 24.3 Å². The van der Waals surface area contributed by atoms with Crippen LogP contribution in [0.5, 0.6) is 0 Å². The Bertz CT molecular complexity index is 995. The van der Waals surface area contributed by atoms with Crippen LogP contribution >= 0.6 is 11.3 Å². The number of carbonyl (C=O) groups excluding carboxylic acids is 2. The number of amides is 2. The molecule has 0 radical (unpaired) electrons. The number of thiazole rings is 1. The highest BCUT2D eigenvalue weighted by molar-refractivity contribution is 7.13. The lowest BCUT2D eigenvalue weighted by Crippen LogP contribution is -2.42. The summed E-state index contributed by atoms with van der Waals surface area (Å²) in [5.41, 5.74) is 1.73. The molecule has 1 saturated heterocycles. The van der Waals surface area contributed by atoms with Gasteiger partial charge in [-0.3, -0.25) is 14.6 Å². The lowest BCUT2D eigenvalue weighted by Gasteiger charge is -2.22. The minimum Gasteiger partial charge on any atom is -0.327 e. The zero-order chi connectivity index (χ0) is 18.6. The molecule has 1 aliphatic heterocycles. The van der Waals surface area contributed by atoms with Gasteiger partial charge in [0.2, 0.25) is 11.8 Å². The van der Waals surface area contributed by atoms with Gasteiger partial charge < -0.3 is 10.2 Å². The maximum atomic E-state index is 12.7. The maximum Gasteiger partial charge on any atom is 0.248 e. The largest absolute Gasteiger partial charge is 0.327 e. The SMILES string of the molecule is O=C(Nc1nccs1)[C@H]1CCCN1C(=O)/C=C/c1cccc2cccnc12. The summed E-state index contributed by atoms with van der Waals surface area (Å²) < 4.78 is 0. The summed E-state index contributed by atoms with van der Waals surface area (Å²) in [5, 5.41) is 6.16. The number of nitrogens with zero attached hydrogens (tertiary/aromatic N) is 3. The number of hydrogen-bond donors (Lipinski definition) is 1. The van der Waals surface area contributed by atoms with Crippen LogP contribution in [0.2, 0.25) is 0 Å². The molecule has 4 rings (SSSR count). The Labute approximate surface area is 160 Å². The van der Waals surface area contributed by atoms with Gasteiger partial charge in [0.25, 0.3) is 0 Å². The summed E-state index contributed by atoms with van der Waals surface area (Å²) in [4.78, 5) is 35.3. The van der Waals surface area contributed by atoms with E-state index in [2.05, 4.69) is 15.3 Å². The second-order valence-corrected chi connectivity index (χ2v) is 7.17. The molecule has 0 bridgehead atoms. The summed E-state index contributed by atoms with van der Waals surface area (Å²) in [6.45, 7) is 0.576. The Hall–Kier alpha value is -3.06. The number of pyridine rings is 1. The number of fused-ring (bicyclic) bond motifs is 1. The molecular formula is C20H18N4O2S. The topological polar surface area (TPSA) is 75.2 Å². The monoisotopic (exact) mass is 378 g/mol. The van der Waals surface area contributed by atoms with E-state index in [1.54, 1.807) is 28.7 Å². The molecule has 1 atom stereocenters. The van der Waals surface area contributed by atoms with Crippen molar-refractivity contribution in [1.29, 1.82) is 0 Å². The molecule has 1 N–H and O–H groups in total. The molecule has 3 aromatic rings. The number of carbonyl (C=O) groups is 2. The van der Waals surface area contributed by atoms with Gasteiger partial charge in [-0.15, -0.1) is 11.3 Å². The van der Waals surface area contributed by atoms with Crippen molar-refractivity contribution in [3.63, 3.8) is 0 Å². The third-order valence-corrected chi connectivity index (χ3v) is 5.26. The van der Waals surface area contributed by atoms with Crippen molar-refractivity contribution in [2.24, 2.45) is 0 Å². The summed E-state index contributed by atoms with van der Waals surface area (Å²) in [6, 6.07) is 9.26. The molecule has 1 fully saturated rings. The van der Waals surface area contributed by atoms with Crippen molar-refractivity contribution in [3.05, 3.63) is 59.7 Å². The van der Waals surface area contributed by atoms with Crippen LogP contribution in [-0.2, 0) is 9.59 Å². The lowest BCUT2D eigenvalue weighted by atomic mass is 10.1. The zero-order valence-corrected chi connectivity index (χ0v) is 15.4. The van der Waals surface area contributed by atoms with E-state index in [9.17, 15) is 9.59 Å². The number of benzene rings is 1. The van der Waals surface area contributed by atoms with E-state index in [1.807, 2.05) is 30.3 Å². The number of anilines is 1. The summed E-state index contributed by atoms with van der Waals surface area (Å²) in [7, 11) is 0. The Morgan fingerprint density at radius 3 is 2.93 bits per heavy atom. The molecule has 0 unspecified atom stereocenters. The highest BCUT2D eigenvalue weighted by Crippen LogP contribution is 2.22. The lowest BCUT2D eigenvalue weighted by molar-refractivity contribution is -0.132. The van der Waals surface area contributed by atoms with Crippen molar-refractivity contribution in [2.75, 3.05) is 11.9 Å². The van der Waals surface area contributed by atoms with Crippen molar-refractivity contribution < 1.29 is 9.59 Å². The Morgan fingerprint density at radius 1 is 1.19 bits per heavy atom.